The third-order valence-corrected chi connectivity index (χ3v) is 6.79. The molecule has 144 valence electrons. The number of amides is 1. The van der Waals surface area contributed by atoms with Crippen LogP contribution in [0.3, 0.4) is 0 Å². The maximum absolute atomic E-state index is 11.7. The summed E-state index contributed by atoms with van der Waals surface area (Å²) in [4.78, 5) is 16.3. The molecule has 0 saturated carbocycles. The summed E-state index contributed by atoms with van der Waals surface area (Å²) in [6.45, 7) is 2.88. The molecule has 0 aliphatic carbocycles. The summed E-state index contributed by atoms with van der Waals surface area (Å²) in [5.41, 5.74) is 6.76. The van der Waals surface area contributed by atoms with Gasteiger partial charge in [0, 0.05) is 30.6 Å². The molecular weight excluding hydrogens is 382 g/mol. The molecule has 2 aliphatic rings. The average molecular weight is 406 g/mol. The number of hydrogen-bond acceptors (Lipinski definition) is 6. The molecule has 8 heteroatoms. The van der Waals surface area contributed by atoms with E-state index in [0.29, 0.717) is 6.04 Å². The van der Waals surface area contributed by atoms with Crippen molar-refractivity contribution in [1.82, 2.24) is 15.1 Å². The lowest BCUT2D eigenvalue weighted by atomic mass is 10.0. The molecule has 1 aromatic carbocycles. The Balaban J connectivity index is 1.34. The van der Waals surface area contributed by atoms with Crippen molar-refractivity contribution in [1.29, 1.82) is 0 Å². The van der Waals surface area contributed by atoms with Crippen molar-refractivity contribution in [2.24, 2.45) is 5.73 Å². The van der Waals surface area contributed by atoms with Gasteiger partial charge in [-0.3, -0.25) is 9.69 Å². The third-order valence-electron chi connectivity index (χ3n) is 5.55. The van der Waals surface area contributed by atoms with Gasteiger partial charge in [-0.15, -0.1) is 10.2 Å². The van der Waals surface area contributed by atoms with Gasteiger partial charge in [-0.25, -0.2) is 0 Å². The molecule has 2 aromatic rings. The van der Waals surface area contributed by atoms with Crippen LogP contribution in [0.4, 0.5) is 5.13 Å². The SMILES string of the molecule is NC(=O)C1CCCN1C1CCN(c2nnc(Cc3ccc(Cl)cc3)s2)CC1. The Morgan fingerprint density at radius 1 is 1.15 bits per heavy atom. The van der Waals surface area contributed by atoms with Crippen LogP contribution >= 0.6 is 22.9 Å². The predicted molar refractivity (Wildman–Crippen MR) is 108 cm³/mol. The van der Waals surface area contributed by atoms with E-state index in [4.69, 9.17) is 17.3 Å². The number of carbonyl (C=O) groups excluding carboxylic acids is 1. The van der Waals surface area contributed by atoms with Crippen LogP contribution in [0.25, 0.3) is 0 Å². The molecule has 2 N–H and O–H groups in total. The Kier molecular flexibility index (Phi) is 5.61. The smallest absolute Gasteiger partial charge is 0.234 e. The first-order chi connectivity index (χ1) is 13.1. The standard InChI is InChI=1S/C19H24ClN5OS/c20-14-5-3-13(4-6-14)12-17-22-23-19(27-17)24-10-7-15(8-11-24)25-9-1-2-16(25)18(21)26/h3-6,15-16H,1-2,7-12H2,(H2,21,26). The number of rotatable bonds is 5. The van der Waals surface area contributed by atoms with E-state index in [1.165, 1.54) is 5.56 Å². The van der Waals surface area contributed by atoms with Crippen LogP contribution in [0, 0.1) is 0 Å². The topological polar surface area (TPSA) is 75.4 Å². The minimum absolute atomic E-state index is 0.0749. The molecule has 1 aromatic heterocycles. The van der Waals surface area contributed by atoms with Gasteiger partial charge in [0.25, 0.3) is 0 Å². The van der Waals surface area contributed by atoms with E-state index in [0.717, 1.165) is 66.9 Å². The maximum atomic E-state index is 11.7. The van der Waals surface area contributed by atoms with Crippen LogP contribution in [0.5, 0.6) is 0 Å². The number of likely N-dealkylation sites (tertiary alicyclic amines) is 1. The highest BCUT2D eigenvalue weighted by atomic mass is 35.5. The highest BCUT2D eigenvalue weighted by molar-refractivity contribution is 7.15. The van der Waals surface area contributed by atoms with Gasteiger partial charge in [0.05, 0.1) is 6.04 Å². The van der Waals surface area contributed by atoms with Crippen molar-refractivity contribution in [3.63, 3.8) is 0 Å². The van der Waals surface area contributed by atoms with Gasteiger partial charge in [-0.05, 0) is 49.9 Å². The van der Waals surface area contributed by atoms with Crippen molar-refractivity contribution in [3.05, 3.63) is 39.9 Å². The van der Waals surface area contributed by atoms with Crippen molar-refractivity contribution < 1.29 is 4.79 Å². The average Bonchev–Trinajstić information content (AvgIpc) is 3.33. The Labute approximate surface area is 168 Å². The van der Waals surface area contributed by atoms with E-state index in [1.807, 2.05) is 24.3 Å². The number of aromatic nitrogens is 2. The number of piperidine rings is 1. The number of hydrogen-bond donors (Lipinski definition) is 1. The maximum Gasteiger partial charge on any atom is 0.234 e. The molecule has 4 rings (SSSR count). The van der Waals surface area contributed by atoms with Crippen molar-refractivity contribution >= 4 is 34.0 Å². The van der Waals surface area contributed by atoms with Gasteiger partial charge < -0.3 is 10.6 Å². The van der Waals surface area contributed by atoms with E-state index >= 15 is 0 Å². The number of anilines is 1. The van der Waals surface area contributed by atoms with Gasteiger partial charge in [0.15, 0.2) is 0 Å². The van der Waals surface area contributed by atoms with E-state index < -0.39 is 0 Å². The highest BCUT2D eigenvalue weighted by Gasteiger charge is 2.36. The van der Waals surface area contributed by atoms with Crippen molar-refractivity contribution in [2.75, 3.05) is 24.5 Å². The summed E-state index contributed by atoms with van der Waals surface area (Å²) in [5.74, 6) is -0.175. The zero-order valence-corrected chi connectivity index (χ0v) is 16.8. The second-order valence-electron chi connectivity index (χ2n) is 7.30. The molecule has 0 spiro atoms. The summed E-state index contributed by atoms with van der Waals surface area (Å²) in [5, 5.41) is 11.5. The van der Waals surface area contributed by atoms with Gasteiger partial charge >= 0.3 is 0 Å². The van der Waals surface area contributed by atoms with Crippen LogP contribution in [0.2, 0.25) is 5.02 Å². The zero-order valence-electron chi connectivity index (χ0n) is 15.2. The second-order valence-corrected chi connectivity index (χ2v) is 8.78. The molecule has 3 heterocycles. The number of halogens is 1. The Morgan fingerprint density at radius 2 is 1.89 bits per heavy atom. The van der Waals surface area contributed by atoms with Crippen molar-refractivity contribution in [3.8, 4) is 0 Å². The zero-order chi connectivity index (χ0) is 18.8. The summed E-state index contributed by atoms with van der Waals surface area (Å²) < 4.78 is 0. The number of benzene rings is 1. The number of nitrogens with two attached hydrogens (primary N) is 1. The fourth-order valence-electron chi connectivity index (χ4n) is 4.14. The first-order valence-electron chi connectivity index (χ1n) is 9.47. The molecule has 2 saturated heterocycles. The monoisotopic (exact) mass is 405 g/mol. The predicted octanol–water partition coefficient (Wildman–Crippen LogP) is 2.70. The molecular formula is C19H24ClN5OS. The van der Waals surface area contributed by atoms with E-state index in [9.17, 15) is 4.79 Å². The molecule has 1 amide bonds. The summed E-state index contributed by atoms with van der Waals surface area (Å²) in [6, 6.07) is 8.24. The molecule has 1 unspecified atom stereocenters. The highest BCUT2D eigenvalue weighted by Crippen LogP contribution is 2.30. The van der Waals surface area contributed by atoms with Gasteiger partial charge in [-0.2, -0.15) is 0 Å². The fraction of sp³-hybridized carbons (Fsp3) is 0.526. The molecule has 27 heavy (non-hydrogen) atoms. The van der Waals surface area contributed by atoms with Gasteiger partial charge in [0.1, 0.15) is 5.01 Å². The van der Waals surface area contributed by atoms with Gasteiger partial charge in [0.2, 0.25) is 11.0 Å². The normalized spacial score (nSPS) is 21.7. The van der Waals surface area contributed by atoms with Crippen LogP contribution in [0.15, 0.2) is 24.3 Å². The number of primary amides is 1. The largest absolute Gasteiger partial charge is 0.368 e. The summed E-state index contributed by atoms with van der Waals surface area (Å²) >= 11 is 7.60. The summed E-state index contributed by atoms with van der Waals surface area (Å²) in [7, 11) is 0. The lowest BCUT2D eigenvalue weighted by Gasteiger charge is -2.38. The lowest BCUT2D eigenvalue weighted by Crippen LogP contribution is -2.50. The molecule has 2 aliphatic heterocycles. The minimum Gasteiger partial charge on any atom is -0.368 e. The van der Waals surface area contributed by atoms with Crippen molar-refractivity contribution in [2.45, 2.75) is 44.2 Å². The van der Waals surface area contributed by atoms with E-state index in [2.05, 4.69) is 20.0 Å². The molecule has 2 fully saturated rings. The fourth-order valence-corrected chi connectivity index (χ4v) is 5.19. The van der Waals surface area contributed by atoms with Crippen LogP contribution in [-0.4, -0.2) is 52.7 Å². The minimum atomic E-state index is -0.175. The van der Waals surface area contributed by atoms with Crippen LogP contribution in [-0.2, 0) is 11.2 Å². The first-order valence-corrected chi connectivity index (χ1v) is 10.7. The van der Waals surface area contributed by atoms with E-state index in [-0.39, 0.29) is 11.9 Å². The molecule has 0 bridgehead atoms. The number of nitrogens with zero attached hydrogens (tertiary/aromatic N) is 4. The van der Waals surface area contributed by atoms with Gasteiger partial charge in [-0.1, -0.05) is 35.1 Å². The third kappa shape index (κ3) is 4.25. The first kappa shape index (κ1) is 18.7. The Hall–Kier alpha value is -1.70. The Bertz CT molecular complexity index is 788. The second kappa shape index (κ2) is 8.12. The molecule has 1 atom stereocenters. The Morgan fingerprint density at radius 3 is 2.59 bits per heavy atom. The molecule has 6 nitrogen and oxygen atoms in total. The van der Waals surface area contributed by atoms with Crippen LogP contribution < -0.4 is 10.6 Å². The van der Waals surface area contributed by atoms with Crippen LogP contribution in [0.1, 0.15) is 36.3 Å². The lowest BCUT2D eigenvalue weighted by molar-refractivity contribution is -0.123. The number of carbonyl (C=O) groups is 1. The summed E-state index contributed by atoms with van der Waals surface area (Å²) in [6.07, 6.45) is 4.82. The quantitative estimate of drug-likeness (QED) is 0.827. The van der Waals surface area contributed by atoms with E-state index in [1.54, 1.807) is 11.3 Å². The molecule has 0 radical (unpaired) electrons.